The third-order valence-electron chi connectivity index (χ3n) is 3.69. The predicted octanol–water partition coefficient (Wildman–Crippen LogP) is 1.73. The number of hydrogen-bond donors (Lipinski definition) is 1. The lowest BCUT2D eigenvalue weighted by atomic mass is 9.92. The summed E-state index contributed by atoms with van der Waals surface area (Å²) in [5.41, 5.74) is 6.59. The molecule has 1 fully saturated rings. The van der Waals surface area contributed by atoms with Crippen molar-refractivity contribution in [3.05, 3.63) is 35.9 Å². The van der Waals surface area contributed by atoms with Gasteiger partial charge in [-0.15, -0.1) is 0 Å². The first-order chi connectivity index (χ1) is 8.05. The molecule has 92 valence electrons. The average Bonchev–Trinajstić information content (AvgIpc) is 2.72. The van der Waals surface area contributed by atoms with Gasteiger partial charge in [-0.1, -0.05) is 30.3 Å². The topological polar surface area (TPSA) is 46.3 Å². The van der Waals surface area contributed by atoms with E-state index in [0.717, 1.165) is 6.54 Å². The lowest BCUT2D eigenvalue weighted by Gasteiger charge is -2.36. The fraction of sp³-hybridized carbons (Fsp3) is 0.500. The van der Waals surface area contributed by atoms with E-state index in [0.29, 0.717) is 18.9 Å². The SMILES string of the molecule is CC(C)(c1ccccc1)N1CC(CN)CC1=O. The third kappa shape index (κ3) is 2.20. The summed E-state index contributed by atoms with van der Waals surface area (Å²) in [4.78, 5) is 14.0. The molecule has 2 rings (SSSR count). The Kier molecular flexibility index (Phi) is 3.20. The van der Waals surface area contributed by atoms with Gasteiger partial charge in [-0.05, 0) is 31.9 Å². The van der Waals surface area contributed by atoms with Gasteiger partial charge in [0.1, 0.15) is 0 Å². The van der Waals surface area contributed by atoms with Crippen molar-refractivity contribution in [3.63, 3.8) is 0 Å². The molecule has 3 heteroatoms. The maximum Gasteiger partial charge on any atom is 0.223 e. The van der Waals surface area contributed by atoms with E-state index in [9.17, 15) is 4.79 Å². The van der Waals surface area contributed by atoms with Gasteiger partial charge < -0.3 is 10.6 Å². The molecule has 17 heavy (non-hydrogen) atoms. The van der Waals surface area contributed by atoms with Crippen LogP contribution in [0.15, 0.2) is 30.3 Å². The Balaban J connectivity index is 2.24. The van der Waals surface area contributed by atoms with Crippen LogP contribution in [-0.2, 0) is 10.3 Å². The van der Waals surface area contributed by atoms with Crippen molar-refractivity contribution in [1.29, 1.82) is 0 Å². The summed E-state index contributed by atoms with van der Waals surface area (Å²) >= 11 is 0. The molecule has 0 saturated carbocycles. The lowest BCUT2D eigenvalue weighted by molar-refractivity contribution is -0.132. The minimum Gasteiger partial charge on any atom is -0.333 e. The van der Waals surface area contributed by atoms with Crippen molar-refractivity contribution in [1.82, 2.24) is 4.90 Å². The Morgan fingerprint density at radius 1 is 1.35 bits per heavy atom. The molecule has 1 atom stereocenters. The number of likely N-dealkylation sites (tertiary alicyclic amines) is 1. The Morgan fingerprint density at radius 2 is 2.00 bits per heavy atom. The van der Waals surface area contributed by atoms with Gasteiger partial charge in [0.25, 0.3) is 0 Å². The Morgan fingerprint density at radius 3 is 2.53 bits per heavy atom. The molecule has 1 aromatic rings. The van der Waals surface area contributed by atoms with Gasteiger partial charge in [0.15, 0.2) is 0 Å². The number of benzene rings is 1. The predicted molar refractivity (Wildman–Crippen MR) is 68.3 cm³/mol. The summed E-state index contributed by atoms with van der Waals surface area (Å²) in [7, 11) is 0. The quantitative estimate of drug-likeness (QED) is 0.862. The monoisotopic (exact) mass is 232 g/mol. The normalized spacial score (nSPS) is 21.0. The van der Waals surface area contributed by atoms with E-state index in [1.807, 2.05) is 23.1 Å². The van der Waals surface area contributed by atoms with E-state index in [2.05, 4.69) is 26.0 Å². The number of carbonyl (C=O) groups excluding carboxylic acids is 1. The fourth-order valence-corrected chi connectivity index (χ4v) is 2.48. The highest BCUT2D eigenvalue weighted by Crippen LogP contribution is 2.33. The van der Waals surface area contributed by atoms with Crippen LogP contribution in [0.4, 0.5) is 0 Å². The summed E-state index contributed by atoms with van der Waals surface area (Å²) in [6, 6.07) is 10.2. The van der Waals surface area contributed by atoms with Gasteiger partial charge in [0.05, 0.1) is 5.54 Å². The zero-order valence-electron chi connectivity index (χ0n) is 10.5. The molecular formula is C14H20N2O. The molecule has 3 nitrogen and oxygen atoms in total. The third-order valence-corrected chi connectivity index (χ3v) is 3.69. The molecule has 0 aliphatic carbocycles. The van der Waals surface area contributed by atoms with Gasteiger partial charge in [-0.2, -0.15) is 0 Å². The smallest absolute Gasteiger partial charge is 0.223 e. The van der Waals surface area contributed by atoms with E-state index < -0.39 is 0 Å². The highest BCUT2D eigenvalue weighted by Gasteiger charge is 2.38. The summed E-state index contributed by atoms with van der Waals surface area (Å²) in [5.74, 6) is 0.528. The van der Waals surface area contributed by atoms with Crippen LogP contribution >= 0.6 is 0 Å². The van der Waals surface area contributed by atoms with Crippen LogP contribution in [0.3, 0.4) is 0 Å². The summed E-state index contributed by atoms with van der Waals surface area (Å²) in [6.45, 7) is 5.56. The second kappa shape index (κ2) is 4.49. The van der Waals surface area contributed by atoms with Gasteiger partial charge in [0, 0.05) is 13.0 Å². The average molecular weight is 232 g/mol. The molecule has 1 heterocycles. The maximum atomic E-state index is 12.0. The van der Waals surface area contributed by atoms with E-state index in [4.69, 9.17) is 5.73 Å². The molecule has 1 aliphatic heterocycles. The van der Waals surface area contributed by atoms with Crippen LogP contribution in [0.25, 0.3) is 0 Å². The summed E-state index contributed by atoms with van der Waals surface area (Å²) < 4.78 is 0. The highest BCUT2D eigenvalue weighted by atomic mass is 16.2. The van der Waals surface area contributed by atoms with Gasteiger partial charge >= 0.3 is 0 Å². The second-order valence-electron chi connectivity index (χ2n) is 5.24. The molecule has 1 unspecified atom stereocenters. The van der Waals surface area contributed by atoms with E-state index in [1.165, 1.54) is 5.56 Å². The molecule has 2 N–H and O–H groups in total. The number of rotatable bonds is 3. The number of hydrogen-bond acceptors (Lipinski definition) is 2. The summed E-state index contributed by atoms with van der Waals surface area (Å²) in [6.07, 6.45) is 0.590. The van der Waals surface area contributed by atoms with Crippen LogP contribution in [0, 0.1) is 5.92 Å². The molecule has 0 spiro atoms. The Hall–Kier alpha value is -1.35. The molecular weight excluding hydrogens is 212 g/mol. The van der Waals surface area contributed by atoms with Crippen molar-refractivity contribution >= 4 is 5.91 Å². The Bertz CT molecular complexity index is 400. The highest BCUT2D eigenvalue weighted by molar-refractivity contribution is 5.79. The molecule has 1 amide bonds. The van der Waals surface area contributed by atoms with Crippen molar-refractivity contribution < 1.29 is 4.79 Å². The van der Waals surface area contributed by atoms with Crippen LogP contribution in [0.1, 0.15) is 25.8 Å². The first kappa shape index (κ1) is 12.1. The van der Waals surface area contributed by atoms with E-state index in [1.54, 1.807) is 0 Å². The molecule has 0 radical (unpaired) electrons. The van der Waals surface area contributed by atoms with Crippen LogP contribution in [0.2, 0.25) is 0 Å². The lowest BCUT2D eigenvalue weighted by Crippen LogP contribution is -2.42. The van der Waals surface area contributed by atoms with E-state index in [-0.39, 0.29) is 11.4 Å². The first-order valence-electron chi connectivity index (χ1n) is 6.11. The zero-order valence-corrected chi connectivity index (χ0v) is 10.5. The minimum atomic E-state index is -0.248. The second-order valence-corrected chi connectivity index (χ2v) is 5.24. The molecule has 1 aliphatic rings. The maximum absolute atomic E-state index is 12.0. The number of carbonyl (C=O) groups is 1. The molecule has 1 saturated heterocycles. The minimum absolute atomic E-state index is 0.217. The zero-order chi connectivity index (χ0) is 12.5. The fourth-order valence-electron chi connectivity index (χ4n) is 2.48. The Labute approximate surface area is 103 Å². The van der Waals surface area contributed by atoms with Crippen LogP contribution in [0.5, 0.6) is 0 Å². The summed E-state index contributed by atoms with van der Waals surface area (Å²) in [5, 5.41) is 0. The van der Waals surface area contributed by atoms with Crippen LogP contribution in [-0.4, -0.2) is 23.9 Å². The van der Waals surface area contributed by atoms with Crippen molar-refractivity contribution in [2.24, 2.45) is 11.7 Å². The largest absolute Gasteiger partial charge is 0.333 e. The number of nitrogens with two attached hydrogens (primary N) is 1. The van der Waals surface area contributed by atoms with Crippen molar-refractivity contribution in [2.75, 3.05) is 13.1 Å². The van der Waals surface area contributed by atoms with E-state index >= 15 is 0 Å². The number of nitrogens with zero attached hydrogens (tertiary/aromatic N) is 1. The standard InChI is InChI=1S/C14H20N2O/c1-14(2,12-6-4-3-5-7-12)16-10-11(9-15)8-13(16)17/h3-7,11H,8-10,15H2,1-2H3. The van der Waals surface area contributed by atoms with Gasteiger partial charge in [-0.25, -0.2) is 0 Å². The van der Waals surface area contributed by atoms with Gasteiger partial charge in [0.2, 0.25) is 5.91 Å². The first-order valence-corrected chi connectivity index (χ1v) is 6.11. The van der Waals surface area contributed by atoms with Crippen molar-refractivity contribution in [2.45, 2.75) is 25.8 Å². The molecule has 0 aromatic heterocycles. The number of amides is 1. The van der Waals surface area contributed by atoms with Gasteiger partial charge in [-0.3, -0.25) is 4.79 Å². The van der Waals surface area contributed by atoms with Crippen molar-refractivity contribution in [3.8, 4) is 0 Å². The molecule has 1 aromatic carbocycles. The van der Waals surface area contributed by atoms with Crippen LogP contribution < -0.4 is 5.73 Å². The molecule has 0 bridgehead atoms.